The van der Waals surface area contributed by atoms with Crippen LogP contribution in [0.25, 0.3) is 0 Å². The number of aliphatic carboxylic acids is 1. The van der Waals surface area contributed by atoms with Crippen LogP contribution in [0, 0.1) is 17.3 Å². The van der Waals surface area contributed by atoms with Crippen molar-refractivity contribution in [3.63, 3.8) is 0 Å². The van der Waals surface area contributed by atoms with Crippen LogP contribution < -0.4 is 10.9 Å². The van der Waals surface area contributed by atoms with Crippen LogP contribution >= 0.6 is 11.6 Å². The van der Waals surface area contributed by atoms with E-state index < -0.39 is 11.5 Å². The molecule has 4 aliphatic rings. The first-order valence-electron chi connectivity index (χ1n) is 11.6. The first-order chi connectivity index (χ1) is 15.3. The molecule has 6 nitrogen and oxygen atoms in total. The lowest BCUT2D eigenvalue weighted by Crippen LogP contribution is -2.59. The second-order valence-electron chi connectivity index (χ2n) is 10.5. The van der Waals surface area contributed by atoms with Crippen molar-refractivity contribution in [1.82, 2.24) is 9.78 Å². The highest BCUT2D eigenvalue weighted by molar-refractivity contribution is 6.32. The molecule has 6 rings (SSSR count). The van der Waals surface area contributed by atoms with Crippen LogP contribution in [0.1, 0.15) is 63.4 Å². The lowest BCUT2D eigenvalue weighted by atomic mass is 9.46. The first kappa shape index (κ1) is 21.5. The summed E-state index contributed by atoms with van der Waals surface area (Å²) in [5.74, 6) is 0.446. The van der Waals surface area contributed by atoms with Gasteiger partial charge in [-0.1, -0.05) is 48.9 Å². The maximum Gasteiger partial charge on any atom is 0.303 e. The summed E-state index contributed by atoms with van der Waals surface area (Å²) in [6.07, 6.45) is 7.40. The predicted molar refractivity (Wildman–Crippen MR) is 124 cm³/mol. The Hall–Kier alpha value is -2.34. The minimum Gasteiger partial charge on any atom is -0.481 e. The van der Waals surface area contributed by atoms with E-state index in [-0.39, 0.29) is 28.3 Å². The zero-order valence-corrected chi connectivity index (χ0v) is 19.1. The van der Waals surface area contributed by atoms with Crippen molar-refractivity contribution in [3.05, 3.63) is 57.5 Å². The molecule has 4 aliphatic carbocycles. The molecular weight excluding hydrogens is 426 g/mol. The molecule has 0 unspecified atom stereocenters. The highest BCUT2D eigenvalue weighted by atomic mass is 35.5. The number of hydrogen-bond donors (Lipinski definition) is 2. The van der Waals surface area contributed by atoms with Crippen LogP contribution in [0.5, 0.6) is 0 Å². The smallest absolute Gasteiger partial charge is 0.303 e. The van der Waals surface area contributed by atoms with E-state index in [1.807, 2.05) is 18.2 Å². The molecule has 0 radical (unpaired) electrons. The topological polar surface area (TPSA) is 84.2 Å². The molecule has 7 heteroatoms. The molecular formula is C25H30ClN3O3. The Bertz CT molecular complexity index is 1070. The van der Waals surface area contributed by atoms with E-state index in [0.29, 0.717) is 30.5 Å². The van der Waals surface area contributed by atoms with Crippen LogP contribution in [0.2, 0.25) is 5.02 Å². The fraction of sp³-hybridized carbons (Fsp3) is 0.560. The number of halogens is 1. The number of carboxylic acids is 1. The van der Waals surface area contributed by atoms with E-state index in [1.165, 1.54) is 5.56 Å². The molecule has 3 atom stereocenters. The average Bonchev–Trinajstić information content (AvgIpc) is 2.73. The van der Waals surface area contributed by atoms with Gasteiger partial charge in [0.25, 0.3) is 5.56 Å². The Morgan fingerprint density at radius 3 is 2.59 bits per heavy atom. The molecule has 1 aromatic heterocycles. The Kier molecular flexibility index (Phi) is 5.31. The van der Waals surface area contributed by atoms with Gasteiger partial charge in [0, 0.05) is 6.54 Å². The summed E-state index contributed by atoms with van der Waals surface area (Å²) >= 11 is 6.56. The third-order valence-corrected chi connectivity index (χ3v) is 8.38. The monoisotopic (exact) mass is 455 g/mol. The van der Waals surface area contributed by atoms with Crippen molar-refractivity contribution in [1.29, 1.82) is 0 Å². The summed E-state index contributed by atoms with van der Waals surface area (Å²) in [6, 6.07) is 10.2. The molecule has 32 heavy (non-hydrogen) atoms. The molecule has 0 spiro atoms. The Morgan fingerprint density at radius 2 is 1.94 bits per heavy atom. The SMILES string of the molecule is C[C@H](CNc1cnn(C23C[C@@H]4C[C@H](CC(CC(=O)O)(C4)C2)C3)c(=O)c1Cl)c1ccccc1. The van der Waals surface area contributed by atoms with E-state index in [4.69, 9.17) is 11.6 Å². The number of rotatable bonds is 7. The van der Waals surface area contributed by atoms with Crippen molar-refractivity contribution in [2.24, 2.45) is 17.3 Å². The Labute approximate surface area is 193 Å². The van der Waals surface area contributed by atoms with Crippen molar-refractivity contribution in [3.8, 4) is 0 Å². The van der Waals surface area contributed by atoms with Crippen molar-refractivity contribution in [2.75, 3.05) is 11.9 Å². The summed E-state index contributed by atoms with van der Waals surface area (Å²) in [6.45, 7) is 2.77. The largest absolute Gasteiger partial charge is 0.481 e. The molecule has 4 saturated carbocycles. The van der Waals surface area contributed by atoms with Crippen LogP contribution in [0.15, 0.2) is 41.3 Å². The number of anilines is 1. The lowest BCUT2D eigenvalue weighted by Gasteiger charge is -2.61. The molecule has 0 saturated heterocycles. The third-order valence-electron chi connectivity index (χ3n) is 8.01. The molecule has 0 aliphatic heterocycles. The lowest BCUT2D eigenvalue weighted by molar-refractivity contribution is -0.151. The van der Waals surface area contributed by atoms with Gasteiger partial charge in [-0.05, 0) is 67.3 Å². The van der Waals surface area contributed by atoms with Crippen LogP contribution in [-0.4, -0.2) is 27.4 Å². The second-order valence-corrected chi connectivity index (χ2v) is 10.9. The van der Waals surface area contributed by atoms with Gasteiger partial charge in [-0.15, -0.1) is 0 Å². The summed E-state index contributed by atoms with van der Waals surface area (Å²) < 4.78 is 1.61. The molecule has 1 heterocycles. The minimum atomic E-state index is -0.743. The van der Waals surface area contributed by atoms with E-state index in [1.54, 1.807) is 10.9 Å². The summed E-state index contributed by atoms with van der Waals surface area (Å²) in [5, 5.41) is 17.6. The van der Waals surface area contributed by atoms with Gasteiger partial charge in [0.2, 0.25) is 0 Å². The standard InChI is InChI=1S/C25H30ClN3O3/c1-16(19-5-3-2-4-6-19)13-27-20-14-28-29(23(32)22(20)26)25-10-17-7-18(11-25)9-24(8-17,15-25)12-21(30)31/h2-6,14,16-18,27H,7-13,15H2,1H3,(H,30,31)/t16-,17-,18-,24?,25?/m1/s1. The van der Waals surface area contributed by atoms with E-state index in [0.717, 1.165) is 32.1 Å². The zero-order valence-electron chi connectivity index (χ0n) is 18.4. The molecule has 2 N–H and O–H groups in total. The van der Waals surface area contributed by atoms with E-state index in [2.05, 4.69) is 29.5 Å². The fourth-order valence-electron chi connectivity index (χ4n) is 7.23. The quantitative estimate of drug-likeness (QED) is 0.621. The van der Waals surface area contributed by atoms with Gasteiger partial charge in [-0.25, -0.2) is 4.68 Å². The Balaban J connectivity index is 1.40. The number of nitrogens with one attached hydrogen (secondary N) is 1. The molecule has 4 fully saturated rings. The molecule has 1 aromatic carbocycles. The summed E-state index contributed by atoms with van der Waals surface area (Å²) in [7, 11) is 0. The molecule has 2 aromatic rings. The van der Waals surface area contributed by atoms with Gasteiger partial charge >= 0.3 is 5.97 Å². The van der Waals surface area contributed by atoms with Crippen molar-refractivity contribution < 1.29 is 9.90 Å². The minimum absolute atomic E-state index is 0.170. The number of nitrogens with zero attached hydrogens (tertiary/aromatic N) is 2. The highest BCUT2D eigenvalue weighted by Crippen LogP contribution is 2.65. The van der Waals surface area contributed by atoms with Crippen LogP contribution in [-0.2, 0) is 10.3 Å². The van der Waals surface area contributed by atoms with E-state index >= 15 is 0 Å². The van der Waals surface area contributed by atoms with Gasteiger partial charge < -0.3 is 10.4 Å². The summed E-state index contributed by atoms with van der Waals surface area (Å²) in [4.78, 5) is 25.0. The molecule has 170 valence electrons. The van der Waals surface area contributed by atoms with Gasteiger partial charge in [0.1, 0.15) is 5.02 Å². The first-order valence-corrected chi connectivity index (χ1v) is 12.0. The maximum absolute atomic E-state index is 13.4. The van der Waals surface area contributed by atoms with Gasteiger partial charge in [-0.3, -0.25) is 9.59 Å². The predicted octanol–water partition coefficient (Wildman–Crippen LogP) is 4.88. The van der Waals surface area contributed by atoms with Crippen LogP contribution in [0.4, 0.5) is 5.69 Å². The summed E-state index contributed by atoms with van der Waals surface area (Å²) in [5.41, 5.74) is 0.883. The highest BCUT2D eigenvalue weighted by Gasteiger charge is 2.59. The van der Waals surface area contributed by atoms with Crippen molar-refractivity contribution >= 4 is 23.3 Å². The zero-order chi connectivity index (χ0) is 22.5. The van der Waals surface area contributed by atoms with Gasteiger partial charge in [0.15, 0.2) is 0 Å². The van der Waals surface area contributed by atoms with Crippen LogP contribution in [0.3, 0.4) is 0 Å². The Morgan fingerprint density at radius 1 is 1.25 bits per heavy atom. The number of carbonyl (C=O) groups is 1. The van der Waals surface area contributed by atoms with Gasteiger partial charge in [-0.2, -0.15) is 5.10 Å². The van der Waals surface area contributed by atoms with Gasteiger partial charge in [0.05, 0.1) is 23.8 Å². The van der Waals surface area contributed by atoms with Crippen molar-refractivity contribution in [2.45, 2.75) is 63.3 Å². The molecule has 0 amide bonds. The number of hydrogen-bond acceptors (Lipinski definition) is 4. The number of aromatic nitrogens is 2. The molecule has 4 bridgehead atoms. The second kappa shape index (κ2) is 7.91. The fourth-order valence-corrected chi connectivity index (χ4v) is 7.43. The average molecular weight is 456 g/mol. The van der Waals surface area contributed by atoms with E-state index in [9.17, 15) is 14.7 Å². The maximum atomic E-state index is 13.4. The third kappa shape index (κ3) is 3.72. The number of carboxylic acid groups (broad SMARTS) is 1. The number of benzene rings is 1. The normalized spacial score (nSPS) is 31.4.